The van der Waals surface area contributed by atoms with Gasteiger partial charge >= 0.3 is 0 Å². The minimum atomic E-state index is 0.882. The van der Waals surface area contributed by atoms with E-state index in [9.17, 15) is 0 Å². The van der Waals surface area contributed by atoms with Crippen LogP contribution in [0.5, 0.6) is 0 Å². The van der Waals surface area contributed by atoms with Crippen LogP contribution in [0.2, 0.25) is 0 Å². The van der Waals surface area contributed by atoms with Crippen LogP contribution in [-0.4, -0.2) is 26.3 Å². The fourth-order valence-electron chi connectivity index (χ4n) is 2.36. The Morgan fingerprint density at radius 3 is 2.58 bits per heavy atom. The fourth-order valence-corrected chi connectivity index (χ4v) is 2.36. The van der Waals surface area contributed by atoms with E-state index in [-0.39, 0.29) is 0 Å². The summed E-state index contributed by atoms with van der Waals surface area (Å²) in [4.78, 5) is 0. The molecule has 2 aliphatic rings. The van der Waals surface area contributed by atoms with E-state index in [4.69, 9.17) is 4.74 Å². The Balaban J connectivity index is 1.69. The average Bonchev–Trinajstić information content (AvgIpc) is 2.59. The van der Waals surface area contributed by atoms with Crippen LogP contribution in [0.1, 0.15) is 25.7 Å². The molecule has 12 heavy (non-hydrogen) atoms. The van der Waals surface area contributed by atoms with E-state index in [0.717, 1.165) is 25.0 Å². The first-order valence-corrected chi connectivity index (χ1v) is 5.23. The molecule has 0 aromatic heterocycles. The lowest BCUT2D eigenvalue weighted by Crippen LogP contribution is -2.28. The van der Waals surface area contributed by atoms with Gasteiger partial charge in [-0.05, 0) is 50.6 Å². The van der Waals surface area contributed by atoms with E-state index in [0.29, 0.717) is 0 Å². The molecule has 0 spiro atoms. The van der Waals surface area contributed by atoms with Gasteiger partial charge in [-0.2, -0.15) is 0 Å². The van der Waals surface area contributed by atoms with Crippen LogP contribution in [0.3, 0.4) is 0 Å². The third-order valence-electron chi connectivity index (χ3n) is 3.15. The molecule has 2 heteroatoms. The first-order valence-electron chi connectivity index (χ1n) is 5.23. The summed E-state index contributed by atoms with van der Waals surface area (Å²) in [6, 6.07) is 0. The molecule has 1 atom stereocenters. The van der Waals surface area contributed by atoms with Crippen LogP contribution in [0.15, 0.2) is 0 Å². The second kappa shape index (κ2) is 4.24. The molecule has 1 unspecified atom stereocenters. The number of hydrogen-bond acceptors (Lipinski definition) is 2. The maximum absolute atomic E-state index is 5.38. The Labute approximate surface area is 74.7 Å². The van der Waals surface area contributed by atoms with Gasteiger partial charge in [0.05, 0.1) is 0 Å². The molecule has 2 fully saturated rings. The summed E-state index contributed by atoms with van der Waals surface area (Å²) in [7, 11) is 0. The van der Waals surface area contributed by atoms with Gasteiger partial charge in [-0.15, -0.1) is 0 Å². The molecule has 2 nitrogen and oxygen atoms in total. The Morgan fingerprint density at radius 1 is 1.08 bits per heavy atom. The van der Waals surface area contributed by atoms with Gasteiger partial charge in [0, 0.05) is 13.2 Å². The van der Waals surface area contributed by atoms with Crippen molar-refractivity contribution >= 4 is 0 Å². The fraction of sp³-hybridized carbons (Fsp3) is 1.00. The molecule has 0 saturated carbocycles. The van der Waals surface area contributed by atoms with Gasteiger partial charge in [0.2, 0.25) is 0 Å². The van der Waals surface area contributed by atoms with Gasteiger partial charge in [-0.1, -0.05) is 0 Å². The summed E-state index contributed by atoms with van der Waals surface area (Å²) in [6.07, 6.45) is 5.50. The highest BCUT2D eigenvalue weighted by Crippen LogP contribution is 2.26. The van der Waals surface area contributed by atoms with Gasteiger partial charge < -0.3 is 10.1 Å². The lowest BCUT2D eigenvalue weighted by atomic mass is 9.87. The molecular weight excluding hydrogens is 150 g/mol. The third kappa shape index (κ3) is 2.20. The molecule has 0 aromatic rings. The number of rotatable bonds is 2. The molecule has 2 heterocycles. The van der Waals surface area contributed by atoms with Gasteiger partial charge in [0.15, 0.2) is 0 Å². The van der Waals surface area contributed by atoms with Gasteiger partial charge in [-0.25, -0.2) is 0 Å². The quantitative estimate of drug-likeness (QED) is 0.675. The summed E-state index contributed by atoms with van der Waals surface area (Å²) in [6.45, 7) is 4.51. The second-order valence-corrected chi connectivity index (χ2v) is 4.16. The first-order chi connectivity index (χ1) is 5.95. The Bertz CT molecular complexity index is 126. The summed E-state index contributed by atoms with van der Waals surface area (Å²) < 4.78 is 5.38. The standard InChI is InChI=1S/C10H19NO/c1-4-11-5-2-9(1)7-10-3-6-12-8-10/h9-11H,1-8H2. The van der Waals surface area contributed by atoms with E-state index < -0.39 is 0 Å². The molecule has 0 aromatic carbocycles. The molecule has 0 amide bonds. The van der Waals surface area contributed by atoms with E-state index in [1.54, 1.807) is 0 Å². The van der Waals surface area contributed by atoms with Crippen molar-refractivity contribution in [3.63, 3.8) is 0 Å². The molecule has 2 rings (SSSR count). The topological polar surface area (TPSA) is 21.3 Å². The zero-order chi connectivity index (χ0) is 8.23. The highest BCUT2D eigenvalue weighted by atomic mass is 16.5. The monoisotopic (exact) mass is 169 g/mol. The average molecular weight is 169 g/mol. The lowest BCUT2D eigenvalue weighted by Gasteiger charge is -2.24. The van der Waals surface area contributed by atoms with Crippen LogP contribution < -0.4 is 5.32 Å². The highest BCUT2D eigenvalue weighted by Gasteiger charge is 2.21. The second-order valence-electron chi connectivity index (χ2n) is 4.16. The summed E-state index contributed by atoms with van der Waals surface area (Å²) in [5, 5.41) is 3.41. The van der Waals surface area contributed by atoms with Crippen molar-refractivity contribution in [3.05, 3.63) is 0 Å². The van der Waals surface area contributed by atoms with Crippen LogP contribution in [-0.2, 0) is 4.74 Å². The summed E-state index contributed by atoms with van der Waals surface area (Å²) in [5.74, 6) is 1.87. The van der Waals surface area contributed by atoms with Crippen LogP contribution >= 0.6 is 0 Å². The van der Waals surface area contributed by atoms with Crippen LogP contribution in [0, 0.1) is 11.8 Å². The first kappa shape index (κ1) is 8.52. The molecule has 2 aliphatic heterocycles. The lowest BCUT2D eigenvalue weighted by molar-refractivity contribution is 0.176. The zero-order valence-corrected chi connectivity index (χ0v) is 7.72. The van der Waals surface area contributed by atoms with E-state index in [2.05, 4.69) is 5.32 Å². The maximum atomic E-state index is 5.38. The number of hydrogen-bond donors (Lipinski definition) is 1. The normalized spacial score (nSPS) is 32.5. The van der Waals surface area contributed by atoms with Crippen LogP contribution in [0.4, 0.5) is 0 Å². The Morgan fingerprint density at radius 2 is 1.92 bits per heavy atom. The smallest absolute Gasteiger partial charge is 0.0495 e. The number of nitrogens with one attached hydrogen (secondary N) is 1. The Kier molecular flexibility index (Phi) is 3.01. The Hall–Kier alpha value is -0.0800. The zero-order valence-electron chi connectivity index (χ0n) is 7.72. The molecule has 2 saturated heterocycles. The van der Waals surface area contributed by atoms with Crippen molar-refractivity contribution in [2.24, 2.45) is 11.8 Å². The molecule has 1 N–H and O–H groups in total. The predicted octanol–water partition coefficient (Wildman–Crippen LogP) is 1.41. The number of ether oxygens (including phenoxy) is 1. The predicted molar refractivity (Wildman–Crippen MR) is 49.1 cm³/mol. The SMILES string of the molecule is C1CC(CC2CCOC2)CCN1. The highest BCUT2D eigenvalue weighted by molar-refractivity contribution is 4.74. The van der Waals surface area contributed by atoms with Gasteiger partial charge in [0.25, 0.3) is 0 Å². The van der Waals surface area contributed by atoms with Crippen molar-refractivity contribution < 1.29 is 4.74 Å². The van der Waals surface area contributed by atoms with Crippen molar-refractivity contribution in [1.82, 2.24) is 5.32 Å². The molecule has 0 aliphatic carbocycles. The van der Waals surface area contributed by atoms with Crippen molar-refractivity contribution in [1.29, 1.82) is 0 Å². The molecule has 70 valence electrons. The largest absolute Gasteiger partial charge is 0.381 e. The number of piperidine rings is 1. The van der Waals surface area contributed by atoms with Gasteiger partial charge in [0.1, 0.15) is 0 Å². The van der Waals surface area contributed by atoms with Gasteiger partial charge in [-0.3, -0.25) is 0 Å². The van der Waals surface area contributed by atoms with E-state index in [1.807, 2.05) is 0 Å². The minimum Gasteiger partial charge on any atom is -0.381 e. The molecule has 0 bridgehead atoms. The minimum absolute atomic E-state index is 0.882. The van der Waals surface area contributed by atoms with E-state index in [1.165, 1.54) is 38.8 Å². The summed E-state index contributed by atoms with van der Waals surface area (Å²) in [5.41, 5.74) is 0. The molecular formula is C10H19NO. The van der Waals surface area contributed by atoms with E-state index >= 15 is 0 Å². The molecule has 0 radical (unpaired) electrons. The van der Waals surface area contributed by atoms with Crippen molar-refractivity contribution in [2.45, 2.75) is 25.7 Å². The third-order valence-corrected chi connectivity index (χ3v) is 3.15. The van der Waals surface area contributed by atoms with Crippen LogP contribution in [0.25, 0.3) is 0 Å². The maximum Gasteiger partial charge on any atom is 0.0495 e. The van der Waals surface area contributed by atoms with Crippen molar-refractivity contribution in [3.8, 4) is 0 Å². The van der Waals surface area contributed by atoms with Crippen molar-refractivity contribution in [2.75, 3.05) is 26.3 Å². The summed E-state index contributed by atoms with van der Waals surface area (Å²) >= 11 is 0.